The zero-order chi connectivity index (χ0) is 43.7. The van der Waals surface area contributed by atoms with Crippen molar-refractivity contribution in [3.63, 3.8) is 0 Å². The fourth-order valence-corrected chi connectivity index (χ4v) is 11.3. The van der Waals surface area contributed by atoms with Crippen LogP contribution < -0.4 is 0 Å². The molecular formula is C63H42N2O. The van der Waals surface area contributed by atoms with Crippen molar-refractivity contribution in [1.29, 1.82) is 0 Å². The summed E-state index contributed by atoms with van der Waals surface area (Å²) in [7, 11) is 0. The summed E-state index contributed by atoms with van der Waals surface area (Å²) < 4.78 is 11.5. The predicted molar refractivity (Wildman–Crippen MR) is 276 cm³/mol. The van der Waals surface area contributed by atoms with Crippen molar-refractivity contribution in [3.05, 3.63) is 230 Å². The van der Waals surface area contributed by atoms with E-state index in [1.165, 1.54) is 88.2 Å². The van der Waals surface area contributed by atoms with Crippen LogP contribution in [0.15, 0.2) is 223 Å². The van der Waals surface area contributed by atoms with Crippen LogP contribution in [-0.2, 0) is 5.41 Å². The Balaban J connectivity index is 0.998. The number of hydrogen-bond acceptors (Lipinski definition) is 1. The Kier molecular flexibility index (Phi) is 7.74. The van der Waals surface area contributed by atoms with E-state index in [-0.39, 0.29) is 5.41 Å². The van der Waals surface area contributed by atoms with Gasteiger partial charge in [0.2, 0.25) is 0 Å². The smallest absolute Gasteiger partial charge is 0.137 e. The quantitative estimate of drug-likeness (QED) is 0.169. The molecule has 3 heterocycles. The number of hydrogen-bond donors (Lipinski definition) is 0. The molecule has 0 amide bonds. The lowest BCUT2D eigenvalue weighted by Crippen LogP contribution is -2.14. The Morgan fingerprint density at radius 3 is 1.62 bits per heavy atom. The second-order valence-electron chi connectivity index (χ2n) is 18.5. The van der Waals surface area contributed by atoms with Gasteiger partial charge in [-0.2, -0.15) is 0 Å². The Bertz CT molecular complexity index is 4050. The van der Waals surface area contributed by atoms with Crippen LogP contribution >= 0.6 is 0 Å². The highest BCUT2D eigenvalue weighted by Crippen LogP contribution is 2.51. The van der Waals surface area contributed by atoms with Gasteiger partial charge in [-0.3, -0.25) is 0 Å². The number of rotatable bonds is 5. The molecule has 14 rings (SSSR count). The molecule has 3 nitrogen and oxygen atoms in total. The minimum absolute atomic E-state index is 0.140. The van der Waals surface area contributed by atoms with Gasteiger partial charge in [-0.1, -0.05) is 147 Å². The Morgan fingerprint density at radius 1 is 0.303 bits per heavy atom. The van der Waals surface area contributed by atoms with E-state index in [0.717, 1.165) is 44.4 Å². The van der Waals surface area contributed by atoms with Crippen molar-refractivity contribution in [3.8, 4) is 55.9 Å². The highest BCUT2D eigenvalue weighted by molar-refractivity contribution is 6.18. The maximum absolute atomic E-state index is 6.67. The van der Waals surface area contributed by atoms with Gasteiger partial charge >= 0.3 is 0 Å². The fraction of sp³-hybridized carbons (Fsp3) is 0.0476. The number of nitrogens with zero attached hydrogens (tertiary/aromatic N) is 2. The van der Waals surface area contributed by atoms with E-state index in [4.69, 9.17) is 4.42 Å². The molecule has 1 aliphatic carbocycles. The summed E-state index contributed by atoms with van der Waals surface area (Å²) in [5.74, 6) is 0. The van der Waals surface area contributed by atoms with Gasteiger partial charge < -0.3 is 13.6 Å². The number of furan rings is 1. The third-order valence-electron chi connectivity index (χ3n) is 14.5. The predicted octanol–water partition coefficient (Wildman–Crippen LogP) is 17.1. The maximum atomic E-state index is 6.67. The number of para-hydroxylation sites is 2. The van der Waals surface area contributed by atoms with E-state index in [0.29, 0.717) is 0 Å². The SMILES string of the molecule is CC1(C)c2ccccc2-c2cc3c4cc(-c5ccc6oc7cc8c(cc7c6c5)c5ccccc5n8-c5ccccc5)ccc4n(-c4cc(-c5ccccc5)cc(-c5ccccc5)c4)c3cc21. The van der Waals surface area contributed by atoms with Gasteiger partial charge in [0.25, 0.3) is 0 Å². The van der Waals surface area contributed by atoms with E-state index in [1.54, 1.807) is 0 Å². The largest absolute Gasteiger partial charge is 0.456 e. The van der Waals surface area contributed by atoms with Gasteiger partial charge in [0, 0.05) is 55.2 Å². The monoisotopic (exact) mass is 842 g/mol. The van der Waals surface area contributed by atoms with Crippen molar-refractivity contribution in [1.82, 2.24) is 9.13 Å². The molecule has 0 aliphatic heterocycles. The van der Waals surface area contributed by atoms with Gasteiger partial charge in [0.15, 0.2) is 0 Å². The van der Waals surface area contributed by atoms with Crippen LogP contribution in [0.4, 0.5) is 0 Å². The van der Waals surface area contributed by atoms with Crippen LogP contribution in [0.3, 0.4) is 0 Å². The normalized spacial score (nSPS) is 13.1. The molecule has 0 N–H and O–H groups in total. The number of benzene rings is 10. The lowest BCUT2D eigenvalue weighted by atomic mass is 9.82. The van der Waals surface area contributed by atoms with E-state index in [9.17, 15) is 0 Å². The van der Waals surface area contributed by atoms with Crippen molar-refractivity contribution < 1.29 is 4.42 Å². The van der Waals surface area contributed by atoms with Crippen molar-refractivity contribution in [2.75, 3.05) is 0 Å². The summed E-state index contributed by atoms with van der Waals surface area (Å²) in [5, 5.41) is 7.16. The second-order valence-corrected chi connectivity index (χ2v) is 18.5. The van der Waals surface area contributed by atoms with Crippen LogP contribution in [0.1, 0.15) is 25.0 Å². The van der Waals surface area contributed by atoms with Crippen LogP contribution in [0, 0.1) is 0 Å². The third-order valence-corrected chi connectivity index (χ3v) is 14.5. The second kappa shape index (κ2) is 13.8. The van der Waals surface area contributed by atoms with Crippen molar-refractivity contribution in [2.45, 2.75) is 19.3 Å². The average Bonchev–Trinajstić information content (AvgIpc) is 4.07. The van der Waals surface area contributed by atoms with Crippen LogP contribution in [0.2, 0.25) is 0 Å². The van der Waals surface area contributed by atoms with Gasteiger partial charge in [0.05, 0.1) is 22.1 Å². The molecule has 0 radical (unpaired) electrons. The minimum atomic E-state index is -0.140. The zero-order valence-electron chi connectivity index (χ0n) is 36.6. The first-order valence-electron chi connectivity index (χ1n) is 22.9. The molecule has 0 fully saturated rings. The fourth-order valence-electron chi connectivity index (χ4n) is 11.3. The first-order valence-corrected chi connectivity index (χ1v) is 22.9. The van der Waals surface area contributed by atoms with Gasteiger partial charge in [0.1, 0.15) is 11.2 Å². The molecule has 0 bridgehead atoms. The zero-order valence-corrected chi connectivity index (χ0v) is 36.6. The molecule has 0 spiro atoms. The van der Waals surface area contributed by atoms with E-state index in [1.807, 2.05) is 0 Å². The Labute approximate surface area is 382 Å². The summed E-state index contributed by atoms with van der Waals surface area (Å²) in [4.78, 5) is 0. The summed E-state index contributed by atoms with van der Waals surface area (Å²) >= 11 is 0. The van der Waals surface area contributed by atoms with Crippen LogP contribution in [0.5, 0.6) is 0 Å². The maximum Gasteiger partial charge on any atom is 0.137 e. The first kappa shape index (κ1) is 37.0. The highest BCUT2D eigenvalue weighted by Gasteiger charge is 2.36. The average molecular weight is 843 g/mol. The first-order chi connectivity index (χ1) is 32.5. The molecular weight excluding hydrogens is 801 g/mol. The minimum Gasteiger partial charge on any atom is -0.456 e. The lowest BCUT2D eigenvalue weighted by Gasteiger charge is -2.22. The van der Waals surface area contributed by atoms with Crippen LogP contribution in [-0.4, -0.2) is 9.13 Å². The summed E-state index contributed by atoms with van der Waals surface area (Å²) in [5.41, 5.74) is 21.1. The molecule has 0 unspecified atom stereocenters. The van der Waals surface area contributed by atoms with Gasteiger partial charge in [-0.15, -0.1) is 0 Å². The molecule has 0 saturated heterocycles. The van der Waals surface area contributed by atoms with E-state index >= 15 is 0 Å². The van der Waals surface area contributed by atoms with Crippen molar-refractivity contribution >= 4 is 65.6 Å². The summed E-state index contributed by atoms with van der Waals surface area (Å²) in [6.45, 7) is 4.75. The third kappa shape index (κ3) is 5.38. The molecule has 1 aliphatic rings. The van der Waals surface area contributed by atoms with E-state index < -0.39 is 0 Å². The molecule has 10 aromatic carbocycles. The Morgan fingerprint density at radius 2 is 0.864 bits per heavy atom. The lowest BCUT2D eigenvalue weighted by molar-refractivity contribution is 0.661. The molecule has 310 valence electrons. The topological polar surface area (TPSA) is 23.0 Å². The standard InChI is InChI=1S/C63H42N2O/c1-63(2)55-24-14-12-22-47(55)49-35-52-50-33-41(26-28-58(50)65(59(52)37-56(49)63)46-31-43(39-16-6-3-7-17-39)30-44(32-46)40-18-8-4-9-19-40)42-27-29-61-53(34-42)54-36-51-48-23-13-15-25-57(48)64(45-20-10-5-11-21-45)60(51)38-62(54)66-61/h3-38H,1-2H3. The van der Waals surface area contributed by atoms with Crippen LogP contribution in [0.25, 0.3) is 121 Å². The van der Waals surface area contributed by atoms with Crippen molar-refractivity contribution in [2.24, 2.45) is 0 Å². The molecule has 3 aromatic heterocycles. The molecule has 0 atom stereocenters. The molecule has 13 aromatic rings. The molecule has 3 heteroatoms. The van der Waals surface area contributed by atoms with Gasteiger partial charge in [-0.25, -0.2) is 0 Å². The van der Waals surface area contributed by atoms with Gasteiger partial charge in [-0.05, 0) is 134 Å². The van der Waals surface area contributed by atoms with E-state index in [2.05, 4.69) is 241 Å². The molecule has 66 heavy (non-hydrogen) atoms. The summed E-state index contributed by atoms with van der Waals surface area (Å²) in [6.07, 6.45) is 0. The number of aromatic nitrogens is 2. The summed E-state index contributed by atoms with van der Waals surface area (Å²) in [6, 6.07) is 80.2. The number of fused-ring (bicyclic) bond motifs is 12. The highest BCUT2D eigenvalue weighted by atomic mass is 16.3. The molecule has 0 saturated carbocycles. The Hall–Kier alpha value is -8.40.